The van der Waals surface area contributed by atoms with E-state index < -0.39 is 17.7 Å². The van der Waals surface area contributed by atoms with E-state index in [0.29, 0.717) is 11.1 Å². The first kappa shape index (κ1) is 18.6. The van der Waals surface area contributed by atoms with E-state index in [0.717, 1.165) is 4.90 Å². The Bertz CT molecular complexity index is 895. The summed E-state index contributed by atoms with van der Waals surface area (Å²) >= 11 is 0. The maximum Gasteiger partial charge on any atom is 0.442 e. The van der Waals surface area contributed by atoms with Crippen molar-refractivity contribution < 1.29 is 18.0 Å². The van der Waals surface area contributed by atoms with Crippen molar-refractivity contribution in [3.63, 3.8) is 0 Å². The second kappa shape index (κ2) is 6.86. The number of benzene rings is 1. The molecule has 5 nitrogen and oxygen atoms in total. The lowest BCUT2D eigenvalue weighted by atomic mass is 10.1. The van der Waals surface area contributed by atoms with Crippen LogP contribution in [0.3, 0.4) is 0 Å². The van der Waals surface area contributed by atoms with Gasteiger partial charge in [0.2, 0.25) is 0 Å². The molecule has 1 atom stereocenters. The minimum Gasteiger partial charge on any atom is -0.330 e. The van der Waals surface area contributed by atoms with Gasteiger partial charge in [0.25, 0.3) is 5.91 Å². The van der Waals surface area contributed by atoms with Gasteiger partial charge in [0.1, 0.15) is 11.7 Å². The fourth-order valence-corrected chi connectivity index (χ4v) is 2.79. The lowest BCUT2D eigenvalue weighted by molar-refractivity contribution is -0.185. The van der Waals surface area contributed by atoms with Gasteiger partial charge in [-0.2, -0.15) is 13.2 Å². The summed E-state index contributed by atoms with van der Waals surface area (Å²) in [5.74, 6) is -1.35. The Morgan fingerprint density at radius 2 is 1.93 bits per heavy atom. The minimum atomic E-state index is -4.98. The Balaban J connectivity index is 2.17. The van der Waals surface area contributed by atoms with Gasteiger partial charge in [-0.25, -0.2) is 9.98 Å². The summed E-state index contributed by atoms with van der Waals surface area (Å²) in [6.07, 6.45) is -2.28. The van der Waals surface area contributed by atoms with Crippen LogP contribution in [0.25, 0.3) is 0 Å². The second-order valence-electron chi connectivity index (χ2n) is 6.01. The molecule has 1 N–H and O–H groups in total. The number of hydrogen-bond donors (Lipinski definition) is 1. The Kier molecular flexibility index (Phi) is 4.73. The van der Waals surface area contributed by atoms with Gasteiger partial charge in [-0.15, -0.1) is 6.58 Å². The van der Waals surface area contributed by atoms with E-state index in [9.17, 15) is 18.0 Å². The molecule has 27 heavy (non-hydrogen) atoms. The largest absolute Gasteiger partial charge is 0.442 e. The summed E-state index contributed by atoms with van der Waals surface area (Å²) in [5, 5.41) is 2.25. The average molecular weight is 374 g/mol. The summed E-state index contributed by atoms with van der Waals surface area (Å²) in [6, 6.07) is 11.4. The number of rotatable bonds is 5. The predicted molar refractivity (Wildman–Crippen MR) is 96.3 cm³/mol. The summed E-state index contributed by atoms with van der Waals surface area (Å²) < 4.78 is 42.3. The van der Waals surface area contributed by atoms with Crippen molar-refractivity contribution in [1.82, 2.24) is 9.88 Å². The van der Waals surface area contributed by atoms with Crippen LogP contribution in [0.5, 0.6) is 0 Å². The van der Waals surface area contributed by atoms with Crippen LogP contribution >= 0.6 is 0 Å². The molecule has 2 heterocycles. The third-order valence-electron chi connectivity index (χ3n) is 4.15. The van der Waals surface area contributed by atoms with E-state index in [2.05, 4.69) is 21.9 Å². The molecule has 0 bridgehead atoms. The first-order chi connectivity index (χ1) is 12.8. The molecule has 8 heteroatoms. The first-order valence-corrected chi connectivity index (χ1v) is 8.15. The number of nitrogens with one attached hydrogen (secondary N) is 1. The van der Waals surface area contributed by atoms with E-state index in [-0.39, 0.29) is 18.2 Å². The quantitative estimate of drug-likeness (QED) is 0.815. The number of halogens is 3. The van der Waals surface area contributed by atoms with E-state index in [1.165, 1.54) is 12.3 Å². The number of aliphatic imine (C=N–C) groups is 1. The molecule has 1 aliphatic heterocycles. The number of carbonyl (C=O) groups excluding carboxylic acids is 1. The van der Waals surface area contributed by atoms with Gasteiger partial charge in [-0.3, -0.25) is 9.69 Å². The number of pyridine rings is 1. The molecular formula is C19H17F3N4O. The van der Waals surface area contributed by atoms with Crippen LogP contribution in [0.1, 0.15) is 11.1 Å². The van der Waals surface area contributed by atoms with Gasteiger partial charge >= 0.3 is 11.8 Å². The van der Waals surface area contributed by atoms with Crippen LogP contribution < -0.4 is 5.32 Å². The summed E-state index contributed by atoms with van der Waals surface area (Å²) in [5.41, 5.74) is -2.29. The monoisotopic (exact) mass is 374 g/mol. The van der Waals surface area contributed by atoms with E-state index in [1.807, 2.05) is 0 Å². The number of alkyl halides is 3. The number of aromatic nitrogens is 1. The maximum absolute atomic E-state index is 14.1. The number of amides is 1. The van der Waals surface area contributed by atoms with Gasteiger partial charge in [0.15, 0.2) is 0 Å². The normalized spacial score (nSPS) is 19.8. The Morgan fingerprint density at radius 3 is 2.52 bits per heavy atom. The Morgan fingerprint density at radius 1 is 1.22 bits per heavy atom. The van der Waals surface area contributed by atoms with Gasteiger partial charge in [0.05, 0.1) is 0 Å². The van der Waals surface area contributed by atoms with Gasteiger partial charge in [-0.1, -0.05) is 42.5 Å². The number of aryl methyl sites for hydroxylation is 1. The summed E-state index contributed by atoms with van der Waals surface area (Å²) in [6.45, 7) is 5.03. The van der Waals surface area contributed by atoms with Crippen LogP contribution in [0.4, 0.5) is 19.0 Å². The Labute approximate surface area is 154 Å². The van der Waals surface area contributed by atoms with Crippen LogP contribution in [0.2, 0.25) is 0 Å². The molecule has 140 valence electrons. The molecule has 0 saturated carbocycles. The average Bonchev–Trinajstić information content (AvgIpc) is 2.92. The van der Waals surface area contributed by atoms with Crippen LogP contribution in [0.15, 0.2) is 66.3 Å². The maximum atomic E-state index is 14.1. The molecule has 0 radical (unpaired) electrons. The summed E-state index contributed by atoms with van der Waals surface area (Å²) in [7, 11) is 0. The lowest BCUT2D eigenvalue weighted by Crippen LogP contribution is -2.58. The van der Waals surface area contributed by atoms with Crippen LogP contribution in [-0.4, -0.2) is 40.0 Å². The molecule has 0 unspecified atom stereocenters. The lowest BCUT2D eigenvalue weighted by Gasteiger charge is -2.29. The first-order valence-electron chi connectivity index (χ1n) is 8.15. The van der Waals surface area contributed by atoms with Gasteiger partial charge in [-0.05, 0) is 18.6 Å². The standard InChI is InChI=1S/C19H17F3N4O/c1-3-12-26-16(14-9-5-4-6-10-14)25-18(17(26)27,19(20,21)22)24-15-13(2)8-7-11-23-15/h3-11H,1,12H2,2H3,(H,23,24)/t18-/m0/s1. The van der Waals surface area contributed by atoms with Crippen LogP contribution in [-0.2, 0) is 4.79 Å². The molecule has 1 amide bonds. The SMILES string of the molecule is C=CCN1C(=O)[C@@](Nc2ncccc2C)(C(F)(F)F)N=C1c1ccccc1. The molecule has 0 fully saturated rings. The molecular weight excluding hydrogens is 357 g/mol. The van der Waals surface area contributed by atoms with Crippen molar-refractivity contribution in [2.24, 2.45) is 4.99 Å². The molecule has 2 aromatic rings. The second-order valence-corrected chi connectivity index (χ2v) is 6.01. The van der Waals surface area contributed by atoms with Crippen molar-refractivity contribution in [3.8, 4) is 0 Å². The van der Waals surface area contributed by atoms with E-state index in [1.54, 1.807) is 49.4 Å². The molecule has 1 aliphatic rings. The van der Waals surface area contributed by atoms with E-state index in [4.69, 9.17) is 0 Å². The molecule has 0 spiro atoms. The third kappa shape index (κ3) is 3.18. The zero-order chi connectivity index (χ0) is 19.7. The number of carbonyl (C=O) groups is 1. The molecule has 1 aromatic heterocycles. The fraction of sp³-hybridized carbons (Fsp3) is 0.211. The van der Waals surface area contributed by atoms with Crippen molar-refractivity contribution >= 4 is 17.6 Å². The number of anilines is 1. The zero-order valence-electron chi connectivity index (χ0n) is 14.5. The fourth-order valence-electron chi connectivity index (χ4n) is 2.79. The smallest absolute Gasteiger partial charge is 0.330 e. The zero-order valence-corrected chi connectivity index (χ0v) is 14.5. The topological polar surface area (TPSA) is 57.6 Å². The number of nitrogens with zero attached hydrogens (tertiary/aromatic N) is 3. The molecule has 0 aliphatic carbocycles. The minimum absolute atomic E-state index is 0.0558. The highest BCUT2D eigenvalue weighted by atomic mass is 19.4. The van der Waals surface area contributed by atoms with Crippen molar-refractivity contribution in [3.05, 3.63) is 72.4 Å². The van der Waals surface area contributed by atoms with Crippen molar-refractivity contribution in [1.29, 1.82) is 0 Å². The predicted octanol–water partition coefficient (Wildman–Crippen LogP) is 3.54. The number of hydrogen-bond acceptors (Lipinski definition) is 4. The Hall–Kier alpha value is -3.16. The highest BCUT2D eigenvalue weighted by Gasteiger charge is 2.66. The highest BCUT2D eigenvalue weighted by molar-refractivity contribution is 6.16. The van der Waals surface area contributed by atoms with Gasteiger partial charge < -0.3 is 5.32 Å². The van der Waals surface area contributed by atoms with Crippen molar-refractivity contribution in [2.75, 3.05) is 11.9 Å². The van der Waals surface area contributed by atoms with Crippen molar-refractivity contribution in [2.45, 2.75) is 18.8 Å². The highest BCUT2D eigenvalue weighted by Crippen LogP contribution is 2.40. The van der Waals surface area contributed by atoms with Gasteiger partial charge in [0, 0.05) is 18.3 Å². The molecule has 0 saturated heterocycles. The van der Waals surface area contributed by atoms with E-state index >= 15 is 0 Å². The van der Waals surface area contributed by atoms with Crippen LogP contribution in [0, 0.1) is 6.92 Å². The molecule has 1 aromatic carbocycles. The molecule has 3 rings (SSSR count). The third-order valence-corrected chi connectivity index (χ3v) is 4.15. The summed E-state index contributed by atoms with van der Waals surface area (Å²) in [4.78, 5) is 21.7. The number of amidine groups is 1.